The van der Waals surface area contributed by atoms with Gasteiger partial charge in [-0.1, -0.05) is 62.6 Å². The van der Waals surface area contributed by atoms with Gasteiger partial charge in [-0.05, 0) is 70.1 Å². The van der Waals surface area contributed by atoms with Crippen LogP contribution in [0, 0.1) is 13.8 Å². The molecule has 0 radical (unpaired) electrons. The number of hydrogen-bond donors (Lipinski definition) is 0. The van der Waals surface area contributed by atoms with Crippen molar-refractivity contribution in [1.82, 2.24) is 19.9 Å². The summed E-state index contributed by atoms with van der Waals surface area (Å²) in [5.74, 6) is 0.630. The Morgan fingerprint density at radius 3 is 1.79 bits per heavy atom. The van der Waals surface area contributed by atoms with E-state index in [-0.39, 0.29) is 31.9 Å². The Morgan fingerprint density at radius 1 is 0.632 bits per heavy atom. The van der Waals surface area contributed by atoms with E-state index in [4.69, 9.17) is 24.4 Å². The third-order valence-electron chi connectivity index (χ3n) is 7.81. The quantitative estimate of drug-likeness (QED) is 0.326. The van der Waals surface area contributed by atoms with Crippen LogP contribution in [0.15, 0.2) is 22.6 Å². The predicted molar refractivity (Wildman–Crippen MR) is 149 cm³/mol. The first-order valence-corrected chi connectivity index (χ1v) is 13.2. The minimum Gasteiger partial charge on any atom is -1.00 e. The van der Waals surface area contributed by atoms with Gasteiger partial charge in [-0.15, -0.1) is 16.6 Å². The van der Waals surface area contributed by atoms with Crippen molar-refractivity contribution in [3.8, 4) is 0 Å². The average molecular weight is 580 g/mol. The molecule has 0 amide bonds. The molecule has 0 saturated carbocycles. The number of rotatable bonds is 4. The van der Waals surface area contributed by atoms with Crippen LogP contribution in [-0.2, 0) is 32.3 Å². The average Bonchev–Trinajstić information content (AvgIpc) is 3.51. The molecule has 3 aromatic rings. The van der Waals surface area contributed by atoms with Crippen molar-refractivity contribution in [3.63, 3.8) is 0 Å². The molecule has 5 rings (SSSR count). The van der Waals surface area contributed by atoms with Gasteiger partial charge >= 0.3 is 25.4 Å². The molecule has 0 N–H and O–H groups in total. The maximum absolute atomic E-state index is 6.40. The Labute approximate surface area is 244 Å². The van der Waals surface area contributed by atoms with Gasteiger partial charge in [0.2, 0.25) is 0 Å². The van der Waals surface area contributed by atoms with E-state index in [1.54, 1.807) is 0 Å². The first-order valence-electron chi connectivity index (χ1n) is 13.2. The van der Waals surface area contributed by atoms with Gasteiger partial charge in [-0.3, -0.25) is 0 Å². The second kappa shape index (κ2) is 11.7. The van der Waals surface area contributed by atoms with Crippen LogP contribution in [0.2, 0.25) is 0 Å². The molecule has 194 valence electrons. The van der Waals surface area contributed by atoms with E-state index in [1.807, 2.05) is 0 Å². The standard InChI is InChI=1S/C31H35N4O.ClH.Zn/c1-9-20-16(5)24-13-28-22(11-3)18(7)30(34-28)36-31-19(8)23(12-4)29(35-31)14-25-17(6)21(10-2)27(33-25)15-26(20)32-24;;/h13-15H,9-12H2,1-8H3;1H;/q-1;;+2/p-1. The zero-order valence-electron chi connectivity index (χ0n) is 23.8. The molecule has 5 nitrogen and oxygen atoms in total. The minimum atomic E-state index is 0. The number of aryl methyl sites for hydroxylation is 4. The third-order valence-corrected chi connectivity index (χ3v) is 7.81. The smallest absolute Gasteiger partial charge is 1.00 e. The summed E-state index contributed by atoms with van der Waals surface area (Å²) in [6.07, 6.45) is 3.58. The third kappa shape index (κ3) is 4.82. The SMILES string of the molecule is CCC1=C(C)c2cc3[n-]c([o+]c4nc(cc5[n-]c(cc1n2)c(CC)c5C)C(CC)=C4C)c(C)c3CC.[Cl-].[Zn+2]. The van der Waals surface area contributed by atoms with E-state index in [9.17, 15) is 0 Å². The first-order chi connectivity index (χ1) is 17.3. The van der Waals surface area contributed by atoms with Gasteiger partial charge in [0.1, 0.15) is 0 Å². The number of nitrogens with zero attached hydrogens (tertiary/aromatic N) is 4. The number of halogens is 1. The van der Waals surface area contributed by atoms with Gasteiger partial charge in [0.15, 0.2) is 0 Å². The van der Waals surface area contributed by atoms with E-state index >= 15 is 0 Å². The van der Waals surface area contributed by atoms with E-state index < -0.39 is 0 Å². The molecule has 2 aliphatic rings. The number of fused-ring (bicyclic) bond motifs is 8. The van der Waals surface area contributed by atoms with E-state index in [0.29, 0.717) is 11.6 Å². The summed E-state index contributed by atoms with van der Waals surface area (Å²) in [6, 6.07) is 6.41. The Kier molecular flexibility index (Phi) is 9.21. The van der Waals surface area contributed by atoms with Crippen LogP contribution >= 0.6 is 0 Å². The number of aromatic nitrogens is 4. The van der Waals surface area contributed by atoms with Crippen LogP contribution in [0.1, 0.15) is 99.6 Å². The molecule has 2 aliphatic heterocycles. The summed E-state index contributed by atoms with van der Waals surface area (Å²) >= 11 is 0. The normalized spacial score (nSPS) is 13.1. The fourth-order valence-electron chi connectivity index (χ4n) is 5.64. The van der Waals surface area contributed by atoms with E-state index in [2.05, 4.69) is 73.6 Å². The number of allylic oxidation sites excluding steroid dienone is 4. The predicted octanol–water partition coefficient (Wildman–Crippen LogP) is 4.87. The molecule has 0 atom stereocenters. The van der Waals surface area contributed by atoms with E-state index in [1.165, 1.54) is 33.4 Å². The van der Waals surface area contributed by atoms with Gasteiger partial charge in [0.05, 0.1) is 22.7 Å². The topological polar surface area (TPSA) is 65.3 Å². The molecule has 0 fully saturated rings. The van der Waals surface area contributed by atoms with Crippen molar-refractivity contribution in [2.75, 3.05) is 0 Å². The van der Waals surface area contributed by atoms with Crippen molar-refractivity contribution in [1.29, 1.82) is 0 Å². The number of hydrogen-bond acceptors (Lipinski definition) is 2. The van der Waals surface area contributed by atoms with E-state index in [0.717, 1.165) is 70.5 Å². The summed E-state index contributed by atoms with van der Waals surface area (Å²) in [5.41, 5.74) is 15.9. The van der Waals surface area contributed by atoms with Crippen LogP contribution in [0.3, 0.4) is 0 Å². The van der Waals surface area contributed by atoms with Crippen LogP contribution in [0.4, 0.5) is 0 Å². The summed E-state index contributed by atoms with van der Waals surface area (Å²) in [5, 5.41) is 0. The zero-order valence-corrected chi connectivity index (χ0v) is 27.6. The maximum atomic E-state index is 6.40. The van der Waals surface area contributed by atoms with Gasteiger partial charge < -0.3 is 22.4 Å². The van der Waals surface area contributed by atoms with Crippen LogP contribution in [-0.4, -0.2) is 9.97 Å². The second-order valence-corrected chi connectivity index (χ2v) is 9.73. The molecule has 7 heteroatoms. The fourth-order valence-corrected chi connectivity index (χ4v) is 5.64. The van der Waals surface area contributed by atoms with Crippen molar-refractivity contribution in [2.24, 2.45) is 0 Å². The van der Waals surface area contributed by atoms with Crippen LogP contribution in [0.5, 0.6) is 0 Å². The molecule has 5 heterocycles. The van der Waals surface area contributed by atoms with Gasteiger partial charge in [0, 0.05) is 5.56 Å². The minimum absolute atomic E-state index is 0. The molecule has 0 aromatic carbocycles. The van der Waals surface area contributed by atoms with Gasteiger partial charge in [-0.2, -0.15) is 4.98 Å². The first kappa shape index (κ1) is 30.0. The van der Waals surface area contributed by atoms with Crippen LogP contribution < -0.4 is 22.4 Å². The largest absolute Gasteiger partial charge is 2.00 e. The maximum Gasteiger partial charge on any atom is 2.00 e. The Hall–Kier alpha value is -2.56. The fraction of sp³-hybridized carbons (Fsp3) is 0.387. The van der Waals surface area contributed by atoms with Crippen molar-refractivity contribution in [2.45, 2.75) is 81.1 Å². The molecular weight excluding hydrogens is 545 g/mol. The molecule has 0 aliphatic carbocycles. The zero-order chi connectivity index (χ0) is 25.7. The Balaban J connectivity index is 0.00000200. The molecule has 38 heavy (non-hydrogen) atoms. The second-order valence-electron chi connectivity index (χ2n) is 9.73. The Morgan fingerprint density at radius 2 is 1.16 bits per heavy atom. The van der Waals surface area contributed by atoms with Crippen molar-refractivity contribution < 1.29 is 36.3 Å². The molecule has 8 bridgehead atoms. The molecule has 0 saturated heterocycles. The van der Waals surface area contributed by atoms with Crippen LogP contribution in [0.25, 0.3) is 44.6 Å². The molecule has 3 aromatic heterocycles. The Bertz CT molecular complexity index is 1620. The van der Waals surface area contributed by atoms with Gasteiger partial charge in [0.25, 0.3) is 5.71 Å². The molecule has 0 spiro atoms. The monoisotopic (exact) mass is 578 g/mol. The summed E-state index contributed by atoms with van der Waals surface area (Å²) in [6.45, 7) is 17.2. The molecular formula is C31H35ClN4OZn. The summed E-state index contributed by atoms with van der Waals surface area (Å²) < 4.78 is 6.40. The summed E-state index contributed by atoms with van der Waals surface area (Å²) in [4.78, 5) is 20.0. The van der Waals surface area contributed by atoms with Crippen molar-refractivity contribution in [3.05, 3.63) is 63.4 Å². The van der Waals surface area contributed by atoms with Crippen molar-refractivity contribution >= 4 is 44.6 Å². The van der Waals surface area contributed by atoms with Gasteiger partial charge in [-0.25, -0.2) is 9.40 Å². The summed E-state index contributed by atoms with van der Waals surface area (Å²) in [7, 11) is 0. The molecule has 0 unspecified atom stereocenters.